The number of nitrogens with one attached hydrogen (secondary N) is 1. The zero-order valence-corrected chi connectivity index (χ0v) is 10.6. The molecule has 15 heavy (non-hydrogen) atoms. The van der Waals surface area contributed by atoms with Crippen molar-refractivity contribution >= 4 is 21.8 Å². The van der Waals surface area contributed by atoms with Crippen LogP contribution in [0.5, 0.6) is 0 Å². The van der Waals surface area contributed by atoms with Gasteiger partial charge in [-0.05, 0) is 6.42 Å². The number of hydrogen-bond acceptors (Lipinski definition) is 2. The normalized spacial score (nSPS) is 12.5. The first kappa shape index (κ1) is 12.2. The maximum Gasteiger partial charge on any atom is 0.269 e. The Morgan fingerprint density at radius 3 is 3.00 bits per heavy atom. The van der Waals surface area contributed by atoms with Crippen LogP contribution in [-0.2, 0) is 7.05 Å². The molecule has 0 aromatic carbocycles. The largest absolute Gasteiger partial charge is 0.350 e. The van der Waals surface area contributed by atoms with Gasteiger partial charge in [0.15, 0.2) is 0 Å². The van der Waals surface area contributed by atoms with Gasteiger partial charge in [-0.3, -0.25) is 4.79 Å². The summed E-state index contributed by atoms with van der Waals surface area (Å²) in [4.78, 5) is 15.9. The molecule has 1 aromatic rings. The second-order valence-corrected chi connectivity index (χ2v) is 4.78. The number of carbonyl (C=O) groups is 1. The summed E-state index contributed by atoms with van der Waals surface area (Å²) in [7, 11) is 1.81. The van der Waals surface area contributed by atoms with E-state index in [9.17, 15) is 4.79 Å². The van der Waals surface area contributed by atoms with Gasteiger partial charge in [0.25, 0.3) is 5.91 Å². The van der Waals surface area contributed by atoms with Crippen LogP contribution >= 0.6 is 15.9 Å². The Morgan fingerprint density at radius 2 is 2.47 bits per heavy atom. The van der Waals surface area contributed by atoms with Crippen LogP contribution in [0.1, 0.15) is 30.3 Å². The van der Waals surface area contributed by atoms with Crippen LogP contribution in [0.2, 0.25) is 0 Å². The number of rotatable bonds is 5. The summed E-state index contributed by atoms with van der Waals surface area (Å²) in [6.45, 7) is 2.77. The molecule has 0 saturated carbocycles. The fourth-order valence-corrected chi connectivity index (χ4v) is 1.91. The zero-order valence-electron chi connectivity index (χ0n) is 9.03. The molecule has 1 heterocycles. The van der Waals surface area contributed by atoms with Gasteiger partial charge in [0, 0.05) is 18.4 Å². The number of nitrogens with zero attached hydrogens (tertiary/aromatic N) is 2. The average Bonchev–Trinajstić information content (AvgIpc) is 2.61. The van der Waals surface area contributed by atoms with Crippen molar-refractivity contribution in [1.82, 2.24) is 14.9 Å². The zero-order chi connectivity index (χ0) is 11.3. The fourth-order valence-electron chi connectivity index (χ4n) is 1.29. The Balaban J connectivity index is 2.40. The highest BCUT2D eigenvalue weighted by molar-refractivity contribution is 9.09. The molecule has 0 spiro atoms. The van der Waals surface area contributed by atoms with Crippen molar-refractivity contribution in [1.29, 1.82) is 0 Å². The van der Waals surface area contributed by atoms with Crippen LogP contribution < -0.4 is 5.32 Å². The molecule has 1 amide bonds. The third-order valence-corrected chi connectivity index (χ3v) is 2.92. The van der Waals surface area contributed by atoms with Crippen LogP contribution in [0.4, 0.5) is 0 Å². The Bertz CT molecular complexity index is 324. The van der Waals surface area contributed by atoms with Crippen LogP contribution in [0.3, 0.4) is 0 Å². The van der Waals surface area contributed by atoms with Gasteiger partial charge >= 0.3 is 0 Å². The highest BCUT2D eigenvalue weighted by atomic mass is 79.9. The summed E-state index contributed by atoms with van der Waals surface area (Å²) in [6, 6.07) is 0. The number of alkyl halides is 1. The van der Waals surface area contributed by atoms with Gasteiger partial charge < -0.3 is 9.88 Å². The molecule has 0 saturated heterocycles. The number of aryl methyl sites for hydroxylation is 1. The Morgan fingerprint density at radius 1 is 1.73 bits per heavy atom. The molecule has 0 aliphatic heterocycles. The van der Waals surface area contributed by atoms with E-state index < -0.39 is 0 Å². The maximum atomic E-state index is 11.6. The number of halogens is 1. The minimum Gasteiger partial charge on any atom is -0.350 e. The molecule has 1 N–H and O–H groups in total. The molecular formula is C10H16BrN3O. The molecular weight excluding hydrogens is 258 g/mol. The summed E-state index contributed by atoms with van der Waals surface area (Å²) in [6.07, 6.45) is 5.36. The number of carbonyl (C=O) groups excluding carboxylic acids is 1. The monoisotopic (exact) mass is 273 g/mol. The van der Waals surface area contributed by atoms with E-state index in [2.05, 4.69) is 33.2 Å². The highest BCUT2D eigenvalue weighted by Gasteiger charge is 2.10. The molecule has 0 aliphatic rings. The van der Waals surface area contributed by atoms with Crippen LogP contribution in [0, 0.1) is 0 Å². The first-order chi connectivity index (χ1) is 7.15. The van der Waals surface area contributed by atoms with Gasteiger partial charge in [0.05, 0.1) is 12.5 Å². The van der Waals surface area contributed by atoms with Gasteiger partial charge in [-0.2, -0.15) is 0 Å². The molecule has 84 valence electrons. The summed E-state index contributed by atoms with van der Waals surface area (Å²) >= 11 is 3.51. The third-order valence-electron chi connectivity index (χ3n) is 2.14. The molecule has 1 atom stereocenters. The Kier molecular flexibility index (Phi) is 4.81. The lowest BCUT2D eigenvalue weighted by Crippen LogP contribution is -2.30. The molecule has 0 aliphatic carbocycles. The summed E-state index contributed by atoms with van der Waals surface area (Å²) in [5, 5.41) is 2.86. The van der Waals surface area contributed by atoms with Crippen molar-refractivity contribution < 1.29 is 4.79 Å². The summed E-state index contributed by atoms with van der Waals surface area (Å²) < 4.78 is 1.71. The second-order valence-electron chi connectivity index (χ2n) is 3.49. The predicted molar refractivity (Wildman–Crippen MR) is 63.2 cm³/mol. The lowest BCUT2D eigenvalue weighted by molar-refractivity contribution is 0.0945. The second kappa shape index (κ2) is 5.90. The quantitative estimate of drug-likeness (QED) is 0.831. The minimum absolute atomic E-state index is 0.0736. The van der Waals surface area contributed by atoms with E-state index in [-0.39, 0.29) is 5.91 Å². The van der Waals surface area contributed by atoms with Crippen molar-refractivity contribution in [3.8, 4) is 0 Å². The minimum atomic E-state index is -0.0736. The van der Waals surface area contributed by atoms with Crippen LogP contribution in [-0.4, -0.2) is 26.8 Å². The first-order valence-corrected chi connectivity index (χ1v) is 5.95. The van der Waals surface area contributed by atoms with E-state index in [0.717, 1.165) is 12.8 Å². The van der Waals surface area contributed by atoms with Gasteiger partial charge in [0.2, 0.25) is 0 Å². The smallest absolute Gasteiger partial charge is 0.269 e. The molecule has 0 radical (unpaired) electrons. The summed E-state index contributed by atoms with van der Waals surface area (Å²) in [5.74, 6) is -0.0736. The van der Waals surface area contributed by atoms with Crippen molar-refractivity contribution in [3.63, 3.8) is 0 Å². The van der Waals surface area contributed by atoms with E-state index in [1.807, 2.05) is 0 Å². The van der Waals surface area contributed by atoms with Gasteiger partial charge in [-0.1, -0.05) is 29.3 Å². The van der Waals surface area contributed by atoms with Gasteiger partial charge in [-0.15, -0.1) is 0 Å². The molecule has 5 heteroatoms. The first-order valence-electron chi connectivity index (χ1n) is 5.03. The number of amides is 1. The topological polar surface area (TPSA) is 46.9 Å². The lowest BCUT2D eigenvalue weighted by Gasteiger charge is -2.09. The van der Waals surface area contributed by atoms with E-state index in [1.165, 1.54) is 0 Å². The van der Waals surface area contributed by atoms with E-state index in [1.54, 1.807) is 24.1 Å². The molecule has 1 rings (SSSR count). The highest BCUT2D eigenvalue weighted by Crippen LogP contribution is 2.06. The van der Waals surface area contributed by atoms with Gasteiger partial charge in [-0.25, -0.2) is 4.98 Å². The van der Waals surface area contributed by atoms with E-state index in [0.29, 0.717) is 17.1 Å². The number of aromatic nitrogens is 2. The Labute approximate surface area is 98.2 Å². The van der Waals surface area contributed by atoms with Crippen molar-refractivity contribution in [2.75, 3.05) is 6.54 Å². The van der Waals surface area contributed by atoms with Crippen molar-refractivity contribution in [2.45, 2.75) is 24.6 Å². The van der Waals surface area contributed by atoms with E-state index in [4.69, 9.17) is 0 Å². The SMILES string of the molecule is CCCC(Br)CNC(=O)c1cncn1C. The van der Waals surface area contributed by atoms with Crippen LogP contribution in [0.15, 0.2) is 12.5 Å². The van der Waals surface area contributed by atoms with E-state index >= 15 is 0 Å². The molecule has 0 bridgehead atoms. The third kappa shape index (κ3) is 3.66. The summed E-state index contributed by atoms with van der Waals surface area (Å²) in [5.41, 5.74) is 0.589. The standard InChI is InChI=1S/C10H16BrN3O/c1-3-4-8(11)5-13-10(15)9-6-12-7-14(9)2/h6-8H,3-5H2,1-2H3,(H,13,15). The Hall–Kier alpha value is -0.840. The fraction of sp³-hybridized carbons (Fsp3) is 0.600. The van der Waals surface area contributed by atoms with Crippen molar-refractivity contribution in [3.05, 3.63) is 18.2 Å². The number of imidazole rings is 1. The number of hydrogen-bond donors (Lipinski definition) is 1. The average molecular weight is 274 g/mol. The van der Waals surface area contributed by atoms with Crippen molar-refractivity contribution in [2.24, 2.45) is 7.05 Å². The lowest BCUT2D eigenvalue weighted by atomic mass is 10.2. The van der Waals surface area contributed by atoms with Gasteiger partial charge in [0.1, 0.15) is 5.69 Å². The molecule has 1 aromatic heterocycles. The maximum absolute atomic E-state index is 11.6. The predicted octanol–water partition coefficient (Wildman–Crippen LogP) is 1.71. The molecule has 1 unspecified atom stereocenters. The molecule has 0 fully saturated rings. The van der Waals surface area contributed by atoms with Crippen LogP contribution in [0.25, 0.3) is 0 Å². The molecule has 4 nitrogen and oxygen atoms in total.